The zero-order valence-electron chi connectivity index (χ0n) is 17.7. The molecular formula is C23H17ClN4O6. The van der Waals surface area contributed by atoms with Crippen molar-refractivity contribution in [3.05, 3.63) is 86.8 Å². The molecule has 0 spiro atoms. The molecule has 11 heteroatoms. The maximum Gasteiger partial charge on any atom is 0.329 e. The number of hydrogen-bond acceptors (Lipinski definition) is 6. The fourth-order valence-electron chi connectivity index (χ4n) is 3.23. The maximum atomic E-state index is 12.6. The number of carbonyl (C=O) groups excluding carboxylic acids is 3. The number of amides is 4. The summed E-state index contributed by atoms with van der Waals surface area (Å²) in [5.74, 6) is -0.692. The molecule has 1 aliphatic rings. The second kappa shape index (κ2) is 9.20. The van der Waals surface area contributed by atoms with Crippen LogP contribution in [0.4, 0.5) is 16.2 Å². The molecule has 2 heterocycles. The summed E-state index contributed by atoms with van der Waals surface area (Å²) in [5.41, 5.74) is 1.64. The van der Waals surface area contributed by atoms with Crippen molar-refractivity contribution in [2.24, 2.45) is 0 Å². The number of hydrogen-bond donors (Lipinski definition) is 2. The average Bonchev–Trinajstić information content (AvgIpc) is 3.36. The summed E-state index contributed by atoms with van der Waals surface area (Å²) in [6.07, 6.45) is 1.31. The number of imide groups is 1. The lowest BCUT2D eigenvalue weighted by Crippen LogP contribution is -2.38. The molecule has 0 unspecified atom stereocenters. The quantitative estimate of drug-likeness (QED) is 0.233. The Balaban J connectivity index is 1.47. The minimum absolute atomic E-state index is 0.00609. The molecule has 3 aromatic rings. The molecule has 4 amide bonds. The summed E-state index contributed by atoms with van der Waals surface area (Å²) in [7, 11) is 0. The summed E-state index contributed by atoms with van der Waals surface area (Å²) in [6, 6.07) is 13.7. The third kappa shape index (κ3) is 4.81. The van der Waals surface area contributed by atoms with Gasteiger partial charge in [-0.05, 0) is 43.3 Å². The summed E-state index contributed by atoms with van der Waals surface area (Å²) in [5, 5.41) is 16.1. The van der Waals surface area contributed by atoms with Gasteiger partial charge in [-0.15, -0.1) is 0 Å². The molecule has 2 N–H and O–H groups in total. The van der Waals surface area contributed by atoms with Gasteiger partial charge in [-0.1, -0.05) is 29.3 Å². The lowest BCUT2D eigenvalue weighted by molar-refractivity contribution is -0.384. The molecule has 1 aliphatic heterocycles. The normalized spacial score (nSPS) is 14.4. The highest BCUT2D eigenvalue weighted by Gasteiger charge is 2.35. The van der Waals surface area contributed by atoms with E-state index in [0.717, 1.165) is 10.5 Å². The van der Waals surface area contributed by atoms with Gasteiger partial charge in [-0.25, -0.2) is 9.69 Å². The van der Waals surface area contributed by atoms with Crippen LogP contribution in [-0.4, -0.2) is 34.2 Å². The number of aryl methyl sites for hydroxylation is 1. The van der Waals surface area contributed by atoms with Gasteiger partial charge in [0.05, 0.1) is 4.92 Å². The molecule has 0 radical (unpaired) electrons. The Labute approximate surface area is 197 Å². The van der Waals surface area contributed by atoms with Gasteiger partial charge in [0.1, 0.15) is 28.8 Å². The molecule has 1 aromatic heterocycles. The van der Waals surface area contributed by atoms with E-state index in [1.165, 1.54) is 24.3 Å². The predicted octanol–water partition coefficient (Wildman–Crippen LogP) is 4.35. The first-order valence-corrected chi connectivity index (χ1v) is 10.3. The van der Waals surface area contributed by atoms with Crippen LogP contribution in [0.1, 0.15) is 11.3 Å². The fraction of sp³-hybridized carbons (Fsp3) is 0.0870. The lowest BCUT2D eigenvalue weighted by Gasteiger charge is -2.12. The predicted molar refractivity (Wildman–Crippen MR) is 124 cm³/mol. The topological polar surface area (TPSA) is 135 Å². The Morgan fingerprint density at radius 1 is 1.18 bits per heavy atom. The average molecular weight is 481 g/mol. The maximum absolute atomic E-state index is 12.6. The van der Waals surface area contributed by atoms with Gasteiger partial charge in [0.2, 0.25) is 5.91 Å². The number of anilines is 1. The smallest absolute Gasteiger partial charge is 0.329 e. The first kappa shape index (κ1) is 22.7. The zero-order chi connectivity index (χ0) is 24.4. The van der Waals surface area contributed by atoms with Crippen molar-refractivity contribution in [3.8, 4) is 11.3 Å². The molecule has 172 valence electrons. The van der Waals surface area contributed by atoms with Gasteiger partial charge in [0, 0.05) is 23.4 Å². The lowest BCUT2D eigenvalue weighted by atomic mass is 10.1. The van der Waals surface area contributed by atoms with Crippen molar-refractivity contribution in [2.45, 2.75) is 6.92 Å². The monoisotopic (exact) mass is 480 g/mol. The van der Waals surface area contributed by atoms with Crippen LogP contribution in [-0.2, 0) is 9.59 Å². The van der Waals surface area contributed by atoms with E-state index >= 15 is 0 Å². The molecule has 34 heavy (non-hydrogen) atoms. The molecule has 0 saturated carbocycles. The molecule has 0 bridgehead atoms. The van der Waals surface area contributed by atoms with E-state index in [0.29, 0.717) is 17.0 Å². The zero-order valence-corrected chi connectivity index (χ0v) is 18.5. The highest BCUT2D eigenvalue weighted by atomic mass is 35.5. The van der Waals surface area contributed by atoms with Crippen LogP contribution in [0.2, 0.25) is 5.02 Å². The van der Waals surface area contributed by atoms with Crippen molar-refractivity contribution >= 4 is 46.9 Å². The molecular weight excluding hydrogens is 464 g/mol. The van der Waals surface area contributed by atoms with Crippen LogP contribution in [0.15, 0.2) is 64.7 Å². The van der Waals surface area contributed by atoms with E-state index in [2.05, 4.69) is 10.6 Å². The van der Waals surface area contributed by atoms with Gasteiger partial charge in [-0.3, -0.25) is 19.7 Å². The second-order valence-electron chi connectivity index (χ2n) is 7.42. The van der Waals surface area contributed by atoms with Gasteiger partial charge in [-0.2, -0.15) is 0 Å². The van der Waals surface area contributed by atoms with Crippen LogP contribution in [0.25, 0.3) is 17.4 Å². The standard InChI is InChI=1S/C23H17ClN4O6/c1-13-2-5-15(6-3-13)25-21(29)12-27-22(30)18(26-23(27)31)11-16-7-9-20(34-16)14-4-8-17(24)19(10-14)28(32)33/h2-11H,12H2,1H3,(H,25,29)(H,26,31). The van der Waals surface area contributed by atoms with E-state index < -0.39 is 29.3 Å². The van der Waals surface area contributed by atoms with Crippen molar-refractivity contribution in [2.75, 3.05) is 11.9 Å². The third-order valence-electron chi connectivity index (χ3n) is 4.94. The van der Waals surface area contributed by atoms with Crippen LogP contribution < -0.4 is 10.6 Å². The summed E-state index contributed by atoms with van der Waals surface area (Å²) >= 11 is 5.84. The van der Waals surface area contributed by atoms with Crippen LogP contribution in [0, 0.1) is 17.0 Å². The molecule has 10 nitrogen and oxygen atoms in total. The van der Waals surface area contributed by atoms with E-state index in [9.17, 15) is 24.5 Å². The van der Waals surface area contributed by atoms with E-state index in [-0.39, 0.29) is 22.2 Å². The number of benzene rings is 2. The van der Waals surface area contributed by atoms with Crippen LogP contribution >= 0.6 is 11.6 Å². The minimum atomic E-state index is -0.740. The fourth-order valence-corrected chi connectivity index (χ4v) is 3.42. The van der Waals surface area contributed by atoms with Gasteiger partial charge >= 0.3 is 6.03 Å². The number of carbonyl (C=O) groups is 3. The highest BCUT2D eigenvalue weighted by Crippen LogP contribution is 2.31. The largest absolute Gasteiger partial charge is 0.457 e. The van der Waals surface area contributed by atoms with Crippen molar-refractivity contribution in [1.29, 1.82) is 0 Å². The number of furan rings is 1. The SMILES string of the molecule is Cc1ccc(NC(=O)CN2C(=O)NC(=Cc3ccc(-c4ccc(Cl)c([N+](=O)[O-])c4)o3)C2=O)cc1. The van der Waals surface area contributed by atoms with E-state index in [1.807, 2.05) is 19.1 Å². The minimum Gasteiger partial charge on any atom is -0.457 e. The van der Waals surface area contributed by atoms with Gasteiger partial charge < -0.3 is 15.1 Å². The number of nitro benzene ring substituents is 1. The molecule has 1 saturated heterocycles. The molecule has 0 atom stereocenters. The third-order valence-corrected chi connectivity index (χ3v) is 5.26. The number of urea groups is 1. The Morgan fingerprint density at radius 3 is 2.62 bits per heavy atom. The van der Waals surface area contributed by atoms with Gasteiger partial charge in [0.15, 0.2) is 0 Å². The summed E-state index contributed by atoms with van der Waals surface area (Å²) in [6.45, 7) is 1.45. The van der Waals surface area contributed by atoms with Crippen molar-refractivity contribution in [3.63, 3.8) is 0 Å². The Morgan fingerprint density at radius 2 is 1.91 bits per heavy atom. The molecule has 2 aromatic carbocycles. The summed E-state index contributed by atoms with van der Waals surface area (Å²) < 4.78 is 5.65. The summed E-state index contributed by atoms with van der Waals surface area (Å²) in [4.78, 5) is 48.5. The second-order valence-corrected chi connectivity index (χ2v) is 7.83. The molecule has 0 aliphatic carbocycles. The first-order chi connectivity index (χ1) is 16.2. The van der Waals surface area contributed by atoms with E-state index in [1.54, 1.807) is 24.3 Å². The van der Waals surface area contributed by atoms with Crippen LogP contribution in [0.5, 0.6) is 0 Å². The van der Waals surface area contributed by atoms with E-state index in [4.69, 9.17) is 16.0 Å². The number of halogens is 1. The first-order valence-electron chi connectivity index (χ1n) is 9.96. The Hall–Kier alpha value is -4.44. The van der Waals surface area contributed by atoms with Crippen molar-refractivity contribution in [1.82, 2.24) is 10.2 Å². The number of nitro groups is 1. The molecule has 1 fully saturated rings. The highest BCUT2D eigenvalue weighted by molar-refractivity contribution is 6.32. The number of nitrogens with one attached hydrogen (secondary N) is 2. The Kier molecular flexibility index (Phi) is 6.15. The van der Waals surface area contributed by atoms with Crippen molar-refractivity contribution < 1.29 is 23.7 Å². The molecule has 4 rings (SSSR count). The van der Waals surface area contributed by atoms with Gasteiger partial charge in [0.25, 0.3) is 11.6 Å². The Bertz CT molecular complexity index is 1350. The van der Waals surface area contributed by atoms with Crippen LogP contribution in [0.3, 0.4) is 0 Å². The number of rotatable bonds is 6. The number of nitrogens with zero attached hydrogens (tertiary/aromatic N) is 2.